The molecule has 1 aromatic heterocycles. The van der Waals surface area contributed by atoms with Crippen LogP contribution in [0.15, 0.2) is 59.2 Å². The van der Waals surface area contributed by atoms with Crippen molar-refractivity contribution >= 4 is 32.5 Å². The Balaban J connectivity index is 1.77. The molecule has 3 aromatic rings. The molecule has 2 aromatic carbocycles. The number of aromatic nitrogens is 1. The normalized spacial score (nSPS) is 10.7. The van der Waals surface area contributed by atoms with Gasteiger partial charge in [-0.1, -0.05) is 34.1 Å². The van der Waals surface area contributed by atoms with Gasteiger partial charge in [-0.25, -0.2) is 0 Å². The molecule has 0 aliphatic carbocycles. The topological polar surface area (TPSA) is 24.9 Å². The van der Waals surface area contributed by atoms with E-state index in [4.69, 9.17) is 0 Å². The SMILES string of the molecule is Cc1cc(CNc2ccc3ncccc3c2)ccc1Br. The molecule has 0 bridgehead atoms. The van der Waals surface area contributed by atoms with Gasteiger partial charge in [0.1, 0.15) is 0 Å². The van der Waals surface area contributed by atoms with Crippen molar-refractivity contribution in [3.63, 3.8) is 0 Å². The second-order valence-corrected chi connectivity index (χ2v) is 5.70. The van der Waals surface area contributed by atoms with E-state index in [0.29, 0.717) is 0 Å². The van der Waals surface area contributed by atoms with Gasteiger partial charge in [0.15, 0.2) is 0 Å². The van der Waals surface area contributed by atoms with Gasteiger partial charge in [-0.05, 0) is 48.4 Å². The number of benzene rings is 2. The fourth-order valence-corrected chi connectivity index (χ4v) is 2.45. The Kier molecular flexibility index (Phi) is 3.70. The third-order valence-corrected chi connectivity index (χ3v) is 4.21. The number of nitrogens with one attached hydrogen (secondary N) is 1. The third-order valence-electron chi connectivity index (χ3n) is 3.32. The molecule has 0 spiro atoms. The molecule has 1 N–H and O–H groups in total. The lowest BCUT2D eigenvalue weighted by atomic mass is 10.1. The highest BCUT2D eigenvalue weighted by molar-refractivity contribution is 9.10. The maximum absolute atomic E-state index is 4.33. The van der Waals surface area contributed by atoms with Crippen LogP contribution in [0.4, 0.5) is 5.69 Å². The summed E-state index contributed by atoms with van der Waals surface area (Å²) in [6.45, 7) is 2.93. The van der Waals surface area contributed by atoms with Crippen molar-refractivity contribution in [1.29, 1.82) is 0 Å². The number of aryl methyl sites for hydroxylation is 1. The zero-order valence-electron chi connectivity index (χ0n) is 11.2. The number of hydrogen-bond donors (Lipinski definition) is 1. The first-order valence-electron chi connectivity index (χ1n) is 6.56. The van der Waals surface area contributed by atoms with Crippen LogP contribution in [0.5, 0.6) is 0 Å². The van der Waals surface area contributed by atoms with Crippen LogP contribution < -0.4 is 5.32 Å². The van der Waals surface area contributed by atoms with E-state index in [9.17, 15) is 0 Å². The monoisotopic (exact) mass is 326 g/mol. The predicted octanol–water partition coefficient (Wildman–Crippen LogP) is 4.92. The van der Waals surface area contributed by atoms with Crippen molar-refractivity contribution in [3.8, 4) is 0 Å². The average molecular weight is 327 g/mol. The zero-order valence-corrected chi connectivity index (χ0v) is 12.8. The summed E-state index contributed by atoms with van der Waals surface area (Å²) in [6, 6.07) is 16.7. The predicted molar refractivity (Wildman–Crippen MR) is 87.9 cm³/mol. The lowest BCUT2D eigenvalue weighted by Crippen LogP contribution is -1.99. The first kappa shape index (κ1) is 13.1. The van der Waals surface area contributed by atoms with E-state index in [1.807, 2.05) is 18.3 Å². The van der Waals surface area contributed by atoms with E-state index in [1.54, 1.807) is 0 Å². The fraction of sp³-hybridized carbons (Fsp3) is 0.118. The molecule has 0 saturated heterocycles. The lowest BCUT2D eigenvalue weighted by Gasteiger charge is -2.09. The molecule has 0 radical (unpaired) electrons. The number of anilines is 1. The van der Waals surface area contributed by atoms with E-state index < -0.39 is 0 Å². The van der Waals surface area contributed by atoms with E-state index >= 15 is 0 Å². The third kappa shape index (κ3) is 2.83. The second kappa shape index (κ2) is 5.63. The Hall–Kier alpha value is -1.87. The van der Waals surface area contributed by atoms with E-state index in [0.717, 1.165) is 27.6 Å². The van der Waals surface area contributed by atoms with E-state index in [1.165, 1.54) is 11.1 Å². The van der Waals surface area contributed by atoms with Gasteiger partial charge in [0.05, 0.1) is 5.52 Å². The van der Waals surface area contributed by atoms with Crippen LogP contribution in [0, 0.1) is 6.92 Å². The second-order valence-electron chi connectivity index (χ2n) is 4.85. The fourth-order valence-electron chi connectivity index (χ4n) is 2.21. The molecule has 20 heavy (non-hydrogen) atoms. The van der Waals surface area contributed by atoms with Crippen LogP contribution in [-0.4, -0.2) is 4.98 Å². The number of rotatable bonds is 3. The Labute approximate surface area is 127 Å². The van der Waals surface area contributed by atoms with Gasteiger partial charge >= 0.3 is 0 Å². The molecule has 0 saturated carbocycles. The molecule has 3 heteroatoms. The van der Waals surface area contributed by atoms with Crippen LogP contribution in [0.3, 0.4) is 0 Å². The van der Waals surface area contributed by atoms with Gasteiger partial charge in [-0.3, -0.25) is 4.98 Å². The van der Waals surface area contributed by atoms with Crippen molar-refractivity contribution in [3.05, 3.63) is 70.3 Å². The van der Waals surface area contributed by atoms with Crippen molar-refractivity contribution in [2.75, 3.05) is 5.32 Å². The minimum absolute atomic E-state index is 0.819. The largest absolute Gasteiger partial charge is 0.381 e. The first-order chi connectivity index (χ1) is 9.72. The van der Waals surface area contributed by atoms with Crippen molar-refractivity contribution in [2.24, 2.45) is 0 Å². The summed E-state index contributed by atoms with van der Waals surface area (Å²) in [5.41, 5.74) is 4.67. The van der Waals surface area contributed by atoms with Gasteiger partial charge < -0.3 is 5.32 Å². The van der Waals surface area contributed by atoms with Crippen LogP contribution in [0.25, 0.3) is 10.9 Å². The van der Waals surface area contributed by atoms with Gasteiger partial charge in [-0.15, -0.1) is 0 Å². The first-order valence-corrected chi connectivity index (χ1v) is 7.35. The number of pyridine rings is 1. The number of nitrogens with zero attached hydrogens (tertiary/aromatic N) is 1. The van der Waals surface area contributed by atoms with Crippen LogP contribution in [-0.2, 0) is 6.54 Å². The Morgan fingerprint density at radius 1 is 1.10 bits per heavy atom. The standard InChI is InChI=1S/C17H15BrN2/c1-12-9-13(4-6-16(12)18)11-20-15-5-7-17-14(10-15)3-2-8-19-17/h2-10,20H,11H2,1H3. The van der Waals surface area contributed by atoms with Crippen LogP contribution in [0.1, 0.15) is 11.1 Å². The summed E-state index contributed by atoms with van der Waals surface area (Å²) >= 11 is 3.53. The smallest absolute Gasteiger partial charge is 0.0703 e. The highest BCUT2D eigenvalue weighted by Gasteiger charge is 1.99. The number of halogens is 1. The van der Waals surface area contributed by atoms with Gasteiger partial charge in [-0.2, -0.15) is 0 Å². The average Bonchev–Trinajstić information content (AvgIpc) is 2.48. The Bertz CT molecular complexity index is 753. The van der Waals surface area contributed by atoms with Crippen molar-refractivity contribution < 1.29 is 0 Å². The highest BCUT2D eigenvalue weighted by atomic mass is 79.9. The molecule has 3 rings (SSSR count). The quantitative estimate of drug-likeness (QED) is 0.739. The van der Waals surface area contributed by atoms with Gasteiger partial charge in [0.2, 0.25) is 0 Å². The number of fused-ring (bicyclic) bond motifs is 1. The minimum Gasteiger partial charge on any atom is -0.381 e. The summed E-state index contributed by atoms with van der Waals surface area (Å²) in [7, 11) is 0. The molecule has 0 atom stereocenters. The molecular formula is C17H15BrN2. The zero-order chi connectivity index (χ0) is 13.9. The number of hydrogen-bond acceptors (Lipinski definition) is 2. The molecule has 0 unspecified atom stereocenters. The summed E-state index contributed by atoms with van der Waals surface area (Å²) in [6.07, 6.45) is 1.82. The molecular weight excluding hydrogens is 312 g/mol. The molecule has 0 aliphatic heterocycles. The maximum Gasteiger partial charge on any atom is 0.0703 e. The highest BCUT2D eigenvalue weighted by Crippen LogP contribution is 2.20. The summed E-state index contributed by atoms with van der Waals surface area (Å²) < 4.78 is 1.15. The van der Waals surface area contributed by atoms with Crippen LogP contribution in [0.2, 0.25) is 0 Å². The van der Waals surface area contributed by atoms with E-state index in [-0.39, 0.29) is 0 Å². The molecule has 0 amide bonds. The molecule has 0 aliphatic rings. The minimum atomic E-state index is 0.819. The molecule has 2 nitrogen and oxygen atoms in total. The van der Waals surface area contributed by atoms with Crippen LogP contribution >= 0.6 is 15.9 Å². The molecule has 1 heterocycles. The Morgan fingerprint density at radius 3 is 2.85 bits per heavy atom. The lowest BCUT2D eigenvalue weighted by molar-refractivity contribution is 1.14. The summed E-state index contributed by atoms with van der Waals surface area (Å²) in [5, 5.41) is 4.61. The Morgan fingerprint density at radius 2 is 2.00 bits per heavy atom. The van der Waals surface area contributed by atoms with Gasteiger partial charge in [0, 0.05) is 28.3 Å². The molecule has 0 fully saturated rings. The molecule has 100 valence electrons. The summed E-state index contributed by atoms with van der Waals surface area (Å²) in [4.78, 5) is 4.33. The summed E-state index contributed by atoms with van der Waals surface area (Å²) in [5.74, 6) is 0. The van der Waals surface area contributed by atoms with Crippen molar-refractivity contribution in [2.45, 2.75) is 13.5 Å². The van der Waals surface area contributed by atoms with Crippen molar-refractivity contribution in [1.82, 2.24) is 4.98 Å². The van der Waals surface area contributed by atoms with E-state index in [2.05, 4.69) is 69.6 Å². The maximum atomic E-state index is 4.33. The van der Waals surface area contributed by atoms with Gasteiger partial charge in [0.25, 0.3) is 0 Å².